The van der Waals surface area contributed by atoms with Crippen molar-refractivity contribution in [2.75, 3.05) is 0 Å². The van der Waals surface area contributed by atoms with Crippen molar-refractivity contribution in [3.63, 3.8) is 0 Å². The molecule has 0 bridgehead atoms. The summed E-state index contributed by atoms with van der Waals surface area (Å²) in [4.78, 5) is 13.0. The number of esters is 1. The number of carbonyl (C=O) groups excluding carboxylic acids is 1. The second-order valence-electron chi connectivity index (χ2n) is 4.98. The van der Waals surface area contributed by atoms with E-state index in [-0.39, 0.29) is 17.1 Å². The van der Waals surface area contributed by atoms with Gasteiger partial charge in [-0.05, 0) is 36.4 Å². The summed E-state index contributed by atoms with van der Waals surface area (Å²) in [5.74, 6) is -0.408. The molecule has 0 aromatic heterocycles. The van der Waals surface area contributed by atoms with E-state index in [1.165, 1.54) is 36.4 Å². The molecule has 0 amide bonds. The second-order valence-corrected chi connectivity index (χ2v) is 8.97. The summed E-state index contributed by atoms with van der Waals surface area (Å²) in [7, 11) is -9.20. The Labute approximate surface area is 150 Å². The van der Waals surface area contributed by atoms with Crippen molar-refractivity contribution in [3.8, 4) is 5.75 Å². The van der Waals surface area contributed by atoms with Crippen LogP contribution in [0.2, 0.25) is 0 Å². The van der Waals surface area contributed by atoms with Crippen LogP contribution >= 0.6 is 0 Å². The molecular formula is C16H14N2O6S2. The molecule has 8 nitrogen and oxygen atoms in total. The SMILES string of the molecule is CCC(=O)Oc1ccc(S(=O)(=O)C(=[N+]=[N-])S(=O)(=O)c2ccccc2)cc1. The Kier molecular flexibility index (Phi) is 5.71. The molecule has 0 saturated heterocycles. The summed E-state index contributed by atoms with van der Waals surface area (Å²) < 4.78 is 53.7. The Morgan fingerprint density at radius 1 is 0.923 bits per heavy atom. The fourth-order valence-electron chi connectivity index (χ4n) is 1.94. The molecule has 0 radical (unpaired) electrons. The monoisotopic (exact) mass is 394 g/mol. The molecule has 0 unspecified atom stereocenters. The average molecular weight is 394 g/mol. The van der Waals surface area contributed by atoms with E-state index in [2.05, 4.69) is 4.79 Å². The van der Waals surface area contributed by atoms with E-state index >= 15 is 0 Å². The third-order valence-electron chi connectivity index (χ3n) is 3.25. The van der Waals surface area contributed by atoms with E-state index in [0.29, 0.717) is 0 Å². The molecule has 2 rings (SSSR count). The summed E-state index contributed by atoms with van der Waals surface area (Å²) in [5, 5.41) is 0. The molecule has 0 saturated carbocycles. The smallest absolute Gasteiger partial charge is 0.427 e. The molecule has 0 aliphatic carbocycles. The first-order chi connectivity index (χ1) is 12.2. The van der Waals surface area contributed by atoms with Crippen molar-refractivity contribution in [1.82, 2.24) is 0 Å². The van der Waals surface area contributed by atoms with Gasteiger partial charge in [-0.25, -0.2) is 16.8 Å². The Hall–Kier alpha value is -2.81. The summed E-state index contributed by atoms with van der Waals surface area (Å²) in [6, 6.07) is 11.2. The molecule has 0 fully saturated rings. The molecule has 26 heavy (non-hydrogen) atoms. The fraction of sp³-hybridized carbons (Fsp3) is 0.125. The van der Waals surface area contributed by atoms with Gasteiger partial charge in [0.25, 0.3) is 19.7 Å². The highest BCUT2D eigenvalue weighted by molar-refractivity contribution is 8.31. The number of hydrogen-bond acceptors (Lipinski definition) is 6. The van der Waals surface area contributed by atoms with E-state index in [9.17, 15) is 21.6 Å². The highest BCUT2D eigenvalue weighted by atomic mass is 32.3. The van der Waals surface area contributed by atoms with Gasteiger partial charge in [0.2, 0.25) is 0 Å². The zero-order valence-corrected chi connectivity index (χ0v) is 15.2. The molecule has 0 atom stereocenters. The lowest BCUT2D eigenvalue weighted by atomic mass is 10.3. The van der Waals surface area contributed by atoms with Gasteiger partial charge in [0.1, 0.15) is 5.75 Å². The number of hydrogen-bond donors (Lipinski definition) is 0. The zero-order chi connectivity index (χ0) is 19.4. The molecule has 0 aliphatic heterocycles. The highest BCUT2D eigenvalue weighted by Gasteiger charge is 2.43. The fourth-order valence-corrected chi connectivity index (χ4v) is 5.30. The van der Waals surface area contributed by atoms with Gasteiger partial charge < -0.3 is 10.3 Å². The molecule has 2 aromatic rings. The van der Waals surface area contributed by atoms with E-state index in [4.69, 9.17) is 10.3 Å². The lowest BCUT2D eigenvalue weighted by Gasteiger charge is -2.05. The lowest BCUT2D eigenvalue weighted by molar-refractivity contribution is -0.134. The van der Waals surface area contributed by atoms with Gasteiger partial charge in [-0.3, -0.25) is 4.79 Å². The van der Waals surface area contributed by atoms with E-state index < -0.39 is 34.9 Å². The van der Waals surface area contributed by atoms with Crippen LogP contribution in [0.3, 0.4) is 0 Å². The number of rotatable bonds is 4. The third kappa shape index (κ3) is 3.88. The summed E-state index contributed by atoms with van der Waals surface area (Å²) in [5.41, 5.74) is 9.09. The van der Waals surface area contributed by atoms with Crippen LogP contribution in [0.25, 0.3) is 5.53 Å². The maximum atomic E-state index is 12.6. The minimum absolute atomic E-state index is 0.101. The van der Waals surface area contributed by atoms with Crippen molar-refractivity contribution < 1.29 is 31.2 Å². The molecule has 0 N–H and O–H groups in total. The quantitative estimate of drug-likeness (QED) is 0.194. The van der Waals surface area contributed by atoms with Gasteiger partial charge in [0.15, 0.2) is 0 Å². The minimum Gasteiger partial charge on any atom is -0.427 e. The molecule has 0 aliphatic rings. The van der Waals surface area contributed by atoms with Gasteiger partial charge in [-0.1, -0.05) is 25.1 Å². The normalized spacial score (nSPS) is 11.4. The number of carbonyl (C=O) groups is 1. The Bertz CT molecular complexity index is 1070. The first-order valence-corrected chi connectivity index (χ1v) is 10.3. The van der Waals surface area contributed by atoms with Gasteiger partial charge in [-0.2, -0.15) is 0 Å². The third-order valence-corrected chi connectivity index (χ3v) is 7.43. The topological polar surface area (TPSA) is 131 Å². The summed E-state index contributed by atoms with van der Waals surface area (Å²) in [6.07, 6.45) is 0.136. The van der Waals surface area contributed by atoms with Crippen LogP contribution in [-0.2, 0) is 24.5 Å². The van der Waals surface area contributed by atoms with Gasteiger partial charge >= 0.3 is 10.3 Å². The van der Waals surface area contributed by atoms with Crippen molar-refractivity contribution in [3.05, 3.63) is 60.1 Å². The van der Waals surface area contributed by atoms with Crippen molar-refractivity contribution in [2.45, 2.75) is 23.1 Å². The molecule has 0 spiro atoms. The van der Waals surface area contributed by atoms with Crippen molar-refractivity contribution in [2.24, 2.45) is 0 Å². The van der Waals surface area contributed by atoms with Crippen LogP contribution in [0.15, 0.2) is 64.4 Å². The Balaban J connectivity index is 2.45. The molecular weight excluding hydrogens is 380 g/mol. The van der Waals surface area contributed by atoms with E-state index in [0.717, 1.165) is 12.1 Å². The predicted octanol–water partition coefficient (Wildman–Crippen LogP) is 1.84. The number of benzene rings is 2. The van der Waals surface area contributed by atoms with Gasteiger partial charge in [0, 0.05) is 6.42 Å². The van der Waals surface area contributed by atoms with Crippen molar-refractivity contribution in [1.29, 1.82) is 0 Å². The molecule has 10 heteroatoms. The minimum atomic E-state index is -4.64. The number of sulfone groups is 2. The maximum Gasteiger partial charge on any atom is 0.504 e. The Morgan fingerprint density at radius 2 is 1.42 bits per heavy atom. The summed E-state index contributed by atoms with van der Waals surface area (Å²) in [6.45, 7) is 1.60. The summed E-state index contributed by atoms with van der Waals surface area (Å²) >= 11 is 0. The van der Waals surface area contributed by atoms with Crippen LogP contribution in [-0.4, -0.2) is 32.0 Å². The lowest BCUT2D eigenvalue weighted by Crippen LogP contribution is -2.26. The van der Waals surface area contributed by atoms with Crippen molar-refractivity contribution >= 4 is 30.0 Å². The van der Waals surface area contributed by atoms with Crippen LogP contribution in [0, 0.1) is 0 Å². The van der Waals surface area contributed by atoms with E-state index in [1.54, 1.807) is 13.0 Å². The van der Waals surface area contributed by atoms with Gasteiger partial charge in [0.05, 0.1) is 9.79 Å². The zero-order valence-electron chi connectivity index (χ0n) is 13.6. The molecule has 0 heterocycles. The van der Waals surface area contributed by atoms with Crippen LogP contribution in [0.1, 0.15) is 13.3 Å². The average Bonchev–Trinajstić information content (AvgIpc) is 2.63. The van der Waals surface area contributed by atoms with Crippen LogP contribution in [0.4, 0.5) is 0 Å². The van der Waals surface area contributed by atoms with E-state index in [1.807, 2.05) is 0 Å². The van der Waals surface area contributed by atoms with Crippen LogP contribution < -0.4 is 4.74 Å². The highest BCUT2D eigenvalue weighted by Crippen LogP contribution is 2.22. The largest absolute Gasteiger partial charge is 0.504 e. The maximum absolute atomic E-state index is 12.6. The number of nitrogens with zero attached hydrogens (tertiary/aromatic N) is 2. The molecule has 136 valence electrons. The van der Waals surface area contributed by atoms with Gasteiger partial charge in [-0.15, -0.1) is 4.79 Å². The first kappa shape index (κ1) is 19.5. The standard InChI is InChI=1S/C16H14N2O6S2/c1-2-15(19)24-12-8-10-14(11-9-12)26(22,23)16(18-17)25(20,21)13-6-4-3-5-7-13/h3-11H,2H2,1H3. The van der Waals surface area contributed by atoms with Crippen LogP contribution in [0.5, 0.6) is 5.75 Å². The number of ether oxygens (including phenoxy) is 1. The molecule has 2 aromatic carbocycles. The predicted molar refractivity (Wildman–Crippen MR) is 91.8 cm³/mol. The first-order valence-electron chi connectivity index (χ1n) is 7.31. The Morgan fingerprint density at radius 3 is 1.88 bits per heavy atom. The second kappa shape index (κ2) is 7.61.